The molecule has 2 aromatic rings. The molecule has 0 aliphatic carbocycles. The smallest absolute Gasteiger partial charge is 0.312 e. The van der Waals surface area contributed by atoms with E-state index in [-0.39, 0.29) is 4.49 Å². The summed E-state index contributed by atoms with van der Waals surface area (Å²) in [7, 11) is 0. The number of nitriles is 1. The lowest BCUT2D eigenvalue weighted by Crippen LogP contribution is -2.51. The van der Waals surface area contributed by atoms with Crippen LogP contribution in [-0.4, -0.2) is 11.1 Å². The molecule has 0 aromatic heterocycles. The highest BCUT2D eigenvalue weighted by Crippen LogP contribution is 2.55. The molecule has 0 saturated carbocycles. The summed E-state index contributed by atoms with van der Waals surface area (Å²) in [5.74, 6) is -1.91. The molecule has 4 nitrogen and oxygen atoms in total. The number of ether oxygens (including phenoxy) is 1. The molecule has 1 N–H and O–H groups in total. The Morgan fingerprint density at radius 2 is 1.66 bits per heavy atom. The predicted octanol–water partition coefficient (Wildman–Crippen LogP) is 7.79. The molecule has 3 atom stereocenters. The fourth-order valence-corrected chi connectivity index (χ4v) is 4.70. The number of rotatable bonds is 8. The van der Waals surface area contributed by atoms with Crippen LogP contribution in [0.1, 0.15) is 46.1 Å². The summed E-state index contributed by atoms with van der Waals surface area (Å²) in [4.78, 5) is 13.0. The quantitative estimate of drug-likeness (QED) is 0.424. The molecule has 0 bridgehead atoms. The van der Waals surface area contributed by atoms with Gasteiger partial charge in [0, 0.05) is 5.92 Å². The Bertz CT molecular complexity index is 1000. The predicted molar refractivity (Wildman–Crippen MR) is 129 cm³/mol. The Morgan fingerprint density at radius 1 is 1.06 bits per heavy atom. The lowest BCUT2D eigenvalue weighted by Gasteiger charge is -2.48. The molecule has 170 valence electrons. The van der Waals surface area contributed by atoms with Crippen LogP contribution >= 0.6 is 23.2 Å². The molecule has 32 heavy (non-hydrogen) atoms. The summed E-state index contributed by atoms with van der Waals surface area (Å²) in [6, 6.07) is 18.6. The molecule has 0 saturated heterocycles. The molecular formula is C26H29Cl2NO3. The van der Waals surface area contributed by atoms with Crippen molar-refractivity contribution in [2.24, 2.45) is 22.7 Å². The van der Waals surface area contributed by atoms with Crippen molar-refractivity contribution in [3.8, 4) is 17.6 Å². The van der Waals surface area contributed by atoms with E-state index in [0.29, 0.717) is 17.1 Å². The highest BCUT2D eigenvalue weighted by molar-refractivity contribution is 6.55. The van der Waals surface area contributed by atoms with Crippen LogP contribution in [-0.2, 0) is 4.79 Å². The van der Waals surface area contributed by atoms with Crippen molar-refractivity contribution in [2.45, 2.75) is 40.5 Å². The molecule has 0 aliphatic rings. The average molecular weight is 474 g/mol. The van der Waals surface area contributed by atoms with Gasteiger partial charge in [-0.3, -0.25) is 4.79 Å². The fourth-order valence-electron chi connectivity index (χ4n) is 4.45. The van der Waals surface area contributed by atoms with Gasteiger partial charge < -0.3 is 9.84 Å². The van der Waals surface area contributed by atoms with E-state index in [9.17, 15) is 15.2 Å². The number of carbonyl (C=O) groups is 1. The van der Waals surface area contributed by atoms with Crippen LogP contribution in [0.25, 0.3) is 0 Å². The second kappa shape index (κ2) is 10.4. The van der Waals surface area contributed by atoms with Crippen molar-refractivity contribution in [1.82, 2.24) is 0 Å². The monoisotopic (exact) mass is 473 g/mol. The number of para-hydroxylation sites is 1. The summed E-state index contributed by atoms with van der Waals surface area (Å²) >= 11 is 12.1. The maximum Gasteiger partial charge on any atom is 0.312 e. The van der Waals surface area contributed by atoms with Crippen molar-refractivity contribution in [3.63, 3.8) is 0 Å². The van der Waals surface area contributed by atoms with Gasteiger partial charge in [-0.05, 0) is 47.2 Å². The third-order valence-electron chi connectivity index (χ3n) is 5.84. The number of nitrogens with zero attached hydrogens (tertiary/aromatic N) is 1. The topological polar surface area (TPSA) is 70.3 Å². The first-order valence-corrected chi connectivity index (χ1v) is 11.2. The number of allylic oxidation sites excluding steroid dienone is 1. The minimum absolute atomic E-state index is 0.0194. The highest BCUT2D eigenvalue weighted by atomic mass is 35.5. The van der Waals surface area contributed by atoms with Gasteiger partial charge in [-0.15, -0.1) is 0 Å². The lowest BCUT2D eigenvalue weighted by atomic mass is 9.53. The number of carboxylic acid groups (broad SMARTS) is 1. The number of halogens is 2. The summed E-state index contributed by atoms with van der Waals surface area (Å²) < 4.78 is 5.91. The number of aliphatic carboxylic acids is 1. The molecular weight excluding hydrogens is 445 g/mol. The van der Waals surface area contributed by atoms with Gasteiger partial charge in [-0.25, -0.2) is 0 Å². The average Bonchev–Trinajstić information content (AvgIpc) is 2.70. The van der Waals surface area contributed by atoms with Crippen LogP contribution in [0.4, 0.5) is 0 Å². The normalized spacial score (nSPS) is 15.2. The van der Waals surface area contributed by atoms with Crippen LogP contribution in [0.15, 0.2) is 65.2 Å². The summed E-state index contributed by atoms with van der Waals surface area (Å²) in [6.07, 6.45) is 1.56. The van der Waals surface area contributed by atoms with Crippen molar-refractivity contribution < 1.29 is 14.6 Å². The molecule has 3 unspecified atom stereocenters. The van der Waals surface area contributed by atoms with Crippen molar-refractivity contribution in [2.75, 3.05) is 0 Å². The Morgan fingerprint density at radius 3 is 2.12 bits per heavy atom. The first-order chi connectivity index (χ1) is 14.9. The Balaban J connectivity index is 2.70. The number of benzene rings is 2. The van der Waals surface area contributed by atoms with E-state index in [1.807, 2.05) is 65.0 Å². The SMILES string of the molecule is CC(C)C(C(=O)O)(C(C#N)c1cccc(Oc2ccccc2)c1)C(C=C(Cl)Cl)C(C)(C)C. The zero-order valence-corrected chi connectivity index (χ0v) is 20.5. The largest absolute Gasteiger partial charge is 0.481 e. The molecule has 6 heteroatoms. The van der Waals surface area contributed by atoms with Gasteiger partial charge in [-0.1, -0.05) is 88.2 Å². The van der Waals surface area contributed by atoms with Gasteiger partial charge in [0.25, 0.3) is 0 Å². The van der Waals surface area contributed by atoms with Crippen LogP contribution in [0.2, 0.25) is 0 Å². The standard InChI is InChI=1S/C26H29Cl2NO3/c1-17(2)26(24(30)31,22(15-23(27)28)25(3,4)5)21(16-29)18-10-9-13-20(14-18)32-19-11-7-6-8-12-19/h6-15,17,21-22H,1-5H3,(H,30,31). The van der Waals surface area contributed by atoms with E-state index < -0.39 is 34.6 Å². The molecule has 0 fully saturated rings. The van der Waals surface area contributed by atoms with Gasteiger partial charge in [0.05, 0.1) is 17.4 Å². The third-order valence-corrected chi connectivity index (χ3v) is 6.10. The molecule has 0 amide bonds. The van der Waals surface area contributed by atoms with Gasteiger partial charge in [-0.2, -0.15) is 5.26 Å². The van der Waals surface area contributed by atoms with Gasteiger partial charge in [0.2, 0.25) is 0 Å². The van der Waals surface area contributed by atoms with Crippen LogP contribution < -0.4 is 4.74 Å². The second-order valence-electron chi connectivity index (χ2n) is 9.24. The van der Waals surface area contributed by atoms with Crippen molar-refractivity contribution in [1.29, 1.82) is 5.26 Å². The molecule has 0 radical (unpaired) electrons. The minimum Gasteiger partial charge on any atom is -0.481 e. The Hall–Kier alpha value is -2.48. The molecule has 0 spiro atoms. The first-order valence-electron chi connectivity index (χ1n) is 10.4. The Kier molecular flexibility index (Phi) is 8.40. The van der Waals surface area contributed by atoms with E-state index in [0.717, 1.165) is 0 Å². The maximum absolute atomic E-state index is 13.0. The summed E-state index contributed by atoms with van der Waals surface area (Å²) in [5.41, 5.74) is -1.47. The zero-order chi connectivity index (χ0) is 24.1. The second-order valence-corrected chi connectivity index (χ2v) is 10.3. The molecule has 2 aromatic carbocycles. The molecule has 2 rings (SSSR count). The van der Waals surface area contributed by atoms with Crippen LogP contribution in [0, 0.1) is 34.0 Å². The zero-order valence-electron chi connectivity index (χ0n) is 19.0. The summed E-state index contributed by atoms with van der Waals surface area (Å²) in [5, 5.41) is 20.9. The molecule has 0 aliphatic heterocycles. The minimum atomic E-state index is -1.49. The van der Waals surface area contributed by atoms with Crippen molar-refractivity contribution in [3.05, 3.63) is 70.7 Å². The van der Waals surface area contributed by atoms with Crippen LogP contribution in [0.3, 0.4) is 0 Å². The highest BCUT2D eigenvalue weighted by Gasteiger charge is 2.57. The summed E-state index contributed by atoms with van der Waals surface area (Å²) in [6.45, 7) is 9.41. The maximum atomic E-state index is 13.0. The number of hydrogen-bond donors (Lipinski definition) is 1. The van der Waals surface area contributed by atoms with Crippen molar-refractivity contribution >= 4 is 29.2 Å². The van der Waals surface area contributed by atoms with E-state index >= 15 is 0 Å². The van der Waals surface area contributed by atoms with E-state index in [1.54, 1.807) is 30.3 Å². The van der Waals surface area contributed by atoms with E-state index in [1.165, 1.54) is 0 Å². The fraction of sp³-hybridized carbons (Fsp3) is 0.385. The lowest BCUT2D eigenvalue weighted by molar-refractivity contribution is -0.159. The van der Waals surface area contributed by atoms with Crippen LogP contribution in [0.5, 0.6) is 11.5 Å². The number of hydrogen-bond acceptors (Lipinski definition) is 3. The van der Waals surface area contributed by atoms with E-state index in [4.69, 9.17) is 27.9 Å². The Labute approximate surface area is 200 Å². The van der Waals surface area contributed by atoms with Gasteiger partial charge in [0.1, 0.15) is 16.0 Å². The number of carboxylic acids is 1. The first kappa shape index (κ1) is 25.8. The van der Waals surface area contributed by atoms with E-state index in [2.05, 4.69) is 6.07 Å². The van der Waals surface area contributed by atoms with Gasteiger partial charge >= 0.3 is 5.97 Å². The third kappa shape index (κ3) is 5.46. The van der Waals surface area contributed by atoms with Gasteiger partial charge in [0.15, 0.2) is 0 Å². The molecule has 0 heterocycles.